The Balaban J connectivity index is 2.82. The topological polar surface area (TPSA) is 98.1 Å². The molecule has 1 aromatic rings. The van der Waals surface area contributed by atoms with Gasteiger partial charge >= 0.3 is 0 Å². The third-order valence-electron chi connectivity index (χ3n) is 3.03. The van der Waals surface area contributed by atoms with Gasteiger partial charge in [0.05, 0.1) is 24.3 Å². The molecule has 0 radical (unpaired) electrons. The summed E-state index contributed by atoms with van der Waals surface area (Å²) in [6.45, 7) is 6.78. The SMILES string of the molecule is COc1ccc([N+](=O)[O-])cc1NC(=O)[C@@H](C)[NH2+]CC(C)C. The molecule has 7 heteroatoms. The summed E-state index contributed by atoms with van der Waals surface area (Å²) in [7, 11) is 1.45. The number of anilines is 1. The number of carbonyl (C=O) groups is 1. The Hall–Kier alpha value is -2.15. The highest BCUT2D eigenvalue weighted by Crippen LogP contribution is 2.28. The predicted octanol–water partition coefficient (Wildman–Crippen LogP) is 1.15. The van der Waals surface area contributed by atoms with Gasteiger partial charge < -0.3 is 15.4 Å². The van der Waals surface area contributed by atoms with E-state index < -0.39 is 4.92 Å². The van der Waals surface area contributed by atoms with Gasteiger partial charge in [0.15, 0.2) is 6.04 Å². The number of nitrogens with two attached hydrogens (primary N) is 1. The van der Waals surface area contributed by atoms with Gasteiger partial charge in [-0.25, -0.2) is 0 Å². The highest BCUT2D eigenvalue weighted by molar-refractivity contribution is 5.95. The van der Waals surface area contributed by atoms with Gasteiger partial charge in [-0.3, -0.25) is 14.9 Å². The van der Waals surface area contributed by atoms with Gasteiger partial charge in [0.2, 0.25) is 0 Å². The number of methoxy groups -OCH3 is 1. The van der Waals surface area contributed by atoms with E-state index in [1.165, 1.54) is 25.3 Å². The second kappa shape index (κ2) is 7.58. The molecule has 0 saturated carbocycles. The fourth-order valence-electron chi connectivity index (χ4n) is 1.74. The molecular formula is C14H22N3O4+. The number of non-ortho nitro benzene ring substituents is 1. The fourth-order valence-corrected chi connectivity index (χ4v) is 1.74. The number of nitro benzene ring substituents is 1. The van der Waals surface area contributed by atoms with Gasteiger partial charge in [0, 0.05) is 18.1 Å². The Kier molecular flexibility index (Phi) is 6.10. The molecule has 0 heterocycles. The predicted molar refractivity (Wildman–Crippen MR) is 79.4 cm³/mol. The van der Waals surface area contributed by atoms with Crippen molar-refractivity contribution in [2.75, 3.05) is 19.0 Å². The smallest absolute Gasteiger partial charge is 0.282 e. The van der Waals surface area contributed by atoms with Crippen molar-refractivity contribution in [1.29, 1.82) is 0 Å². The Morgan fingerprint density at radius 1 is 1.43 bits per heavy atom. The lowest BCUT2D eigenvalue weighted by Crippen LogP contribution is -2.92. The molecule has 0 bridgehead atoms. The summed E-state index contributed by atoms with van der Waals surface area (Å²) >= 11 is 0. The first-order valence-electron chi connectivity index (χ1n) is 6.81. The van der Waals surface area contributed by atoms with Crippen LogP contribution >= 0.6 is 0 Å². The molecule has 0 aromatic heterocycles. The fraction of sp³-hybridized carbons (Fsp3) is 0.500. The van der Waals surface area contributed by atoms with Crippen molar-refractivity contribution >= 4 is 17.3 Å². The molecular weight excluding hydrogens is 274 g/mol. The summed E-state index contributed by atoms with van der Waals surface area (Å²) in [5.74, 6) is 0.659. The zero-order valence-electron chi connectivity index (χ0n) is 12.8. The highest BCUT2D eigenvalue weighted by atomic mass is 16.6. The second-order valence-electron chi connectivity index (χ2n) is 5.28. The summed E-state index contributed by atoms with van der Waals surface area (Å²) in [5, 5.41) is 15.4. The van der Waals surface area contributed by atoms with Crippen LogP contribution in [0.3, 0.4) is 0 Å². The molecule has 0 saturated heterocycles. The number of ether oxygens (including phenoxy) is 1. The summed E-state index contributed by atoms with van der Waals surface area (Å²) in [5.41, 5.74) is 0.214. The van der Waals surface area contributed by atoms with Gasteiger partial charge in [0.25, 0.3) is 11.6 Å². The number of hydrogen-bond donors (Lipinski definition) is 2. The Bertz CT molecular complexity index is 517. The minimum absolute atomic E-state index is 0.0927. The molecule has 0 unspecified atom stereocenters. The van der Waals surface area contributed by atoms with E-state index in [9.17, 15) is 14.9 Å². The van der Waals surface area contributed by atoms with Gasteiger partial charge in [-0.2, -0.15) is 0 Å². The number of rotatable bonds is 7. The van der Waals surface area contributed by atoms with Crippen molar-refractivity contribution in [3.63, 3.8) is 0 Å². The number of nitrogens with zero attached hydrogens (tertiary/aromatic N) is 1. The van der Waals surface area contributed by atoms with E-state index in [1.54, 1.807) is 6.92 Å². The molecule has 7 nitrogen and oxygen atoms in total. The van der Waals surface area contributed by atoms with Crippen LogP contribution in [-0.4, -0.2) is 30.5 Å². The van der Waals surface area contributed by atoms with Gasteiger partial charge in [0.1, 0.15) is 5.75 Å². The number of carbonyl (C=O) groups excluding carboxylic acids is 1. The summed E-state index contributed by atoms with van der Waals surface area (Å²) in [6, 6.07) is 3.82. The van der Waals surface area contributed by atoms with E-state index >= 15 is 0 Å². The number of quaternary nitrogens is 1. The van der Waals surface area contributed by atoms with Crippen LogP contribution in [0.2, 0.25) is 0 Å². The average Bonchev–Trinajstić information content (AvgIpc) is 2.44. The molecule has 3 N–H and O–H groups in total. The first-order valence-corrected chi connectivity index (χ1v) is 6.81. The average molecular weight is 296 g/mol. The number of benzene rings is 1. The van der Waals surface area contributed by atoms with Crippen LogP contribution in [0.1, 0.15) is 20.8 Å². The van der Waals surface area contributed by atoms with Crippen LogP contribution in [0.4, 0.5) is 11.4 Å². The van der Waals surface area contributed by atoms with Gasteiger partial charge in [-0.15, -0.1) is 0 Å². The van der Waals surface area contributed by atoms with E-state index in [1.807, 2.05) is 5.32 Å². The lowest BCUT2D eigenvalue weighted by molar-refractivity contribution is -0.677. The molecule has 1 rings (SSSR count). The Morgan fingerprint density at radius 2 is 2.10 bits per heavy atom. The van der Waals surface area contributed by atoms with E-state index in [0.717, 1.165) is 6.54 Å². The number of amides is 1. The molecule has 21 heavy (non-hydrogen) atoms. The van der Waals surface area contributed by atoms with Crippen molar-refractivity contribution in [1.82, 2.24) is 0 Å². The molecule has 0 spiro atoms. The zero-order chi connectivity index (χ0) is 16.0. The molecule has 0 aliphatic carbocycles. The van der Waals surface area contributed by atoms with Crippen molar-refractivity contribution in [3.8, 4) is 5.75 Å². The zero-order valence-corrected chi connectivity index (χ0v) is 12.8. The van der Waals surface area contributed by atoms with Gasteiger partial charge in [-0.05, 0) is 13.0 Å². The molecule has 116 valence electrons. The molecule has 1 aromatic carbocycles. The quantitative estimate of drug-likeness (QED) is 0.582. The summed E-state index contributed by atoms with van der Waals surface area (Å²) < 4.78 is 5.11. The molecule has 0 fully saturated rings. The maximum Gasteiger partial charge on any atom is 0.282 e. The summed E-state index contributed by atoms with van der Waals surface area (Å²) in [6.07, 6.45) is 0. The van der Waals surface area contributed by atoms with Crippen LogP contribution in [0, 0.1) is 16.0 Å². The highest BCUT2D eigenvalue weighted by Gasteiger charge is 2.19. The van der Waals surface area contributed by atoms with E-state index in [0.29, 0.717) is 17.4 Å². The van der Waals surface area contributed by atoms with Crippen LogP contribution in [0.15, 0.2) is 18.2 Å². The van der Waals surface area contributed by atoms with Crippen LogP contribution in [-0.2, 0) is 4.79 Å². The molecule has 1 amide bonds. The third-order valence-corrected chi connectivity index (χ3v) is 3.03. The number of nitro groups is 1. The van der Waals surface area contributed by atoms with E-state index in [2.05, 4.69) is 19.2 Å². The number of nitrogens with one attached hydrogen (secondary N) is 1. The normalized spacial score (nSPS) is 12.0. The van der Waals surface area contributed by atoms with Crippen molar-refractivity contribution in [2.45, 2.75) is 26.8 Å². The van der Waals surface area contributed by atoms with Crippen LogP contribution < -0.4 is 15.4 Å². The number of hydrogen-bond acceptors (Lipinski definition) is 4. The standard InChI is InChI=1S/C14H21N3O4/c1-9(2)8-15-10(3)14(18)16-12-7-11(17(19)20)5-6-13(12)21-4/h5-7,9-10,15H,8H2,1-4H3,(H,16,18)/p+1/t10-/m1/s1. The Morgan fingerprint density at radius 3 is 2.62 bits per heavy atom. The van der Waals surface area contributed by atoms with Crippen molar-refractivity contribution in [2.24, 2.45) is 5.92 Å². The van der Waals surface area contributed by atoms with Crippen molar-refractivity contribution in [3.05, 3.63) is 28.3 Å². The molecule has 0 aliphatic heterocycles. The van der Waals surface area contributed by atoms with Gasteiger partial charge in [-0.1, -0.05) is 13.8 Å². The third kappa shape index (κ3) is 5.03. The van der Waals surface area contributed by atoms with Crippen LogP contribution in [0.5, 0.6) is 5.75 Å². The van der Waals surface area contributed by atoms with Crippen LogP contribution in [0.25, 0.3) is 0 Å². The van der Waals surface area contributed by atoms with E-state index in [4.69, 9.17) is 4.74 Å². The largest absolute Gasteiger partial charge is 0.495 e. The van der Waals surface area contributed by atoms with E-state index in [-0.39, 0.29) is 17.6 Å². The maximum absolute atomic E-state index is 12.1. The minimum atomic E-state index is -0.511. The Labute approximate surface area is 123 Å². The first-order chi connectivity index (χ1) is 9.85. The molecule has 0 aliphatic rings. The second-order valence-corrected chi connectivity index (χ2v) is 5.28. The maximum atomic E-state index is 12.1. The molecule has 1 atom stereocenters. The first kappa shape index (κ1) is 16.9. The lowest BCUT2D eigenvalue weighted by atomic mass is 10.2. The minimum Gasteiger partial charge on any atom is -0.495 e. The van der Waals surface area contributed by atoms with Crippen molar-refractivity contribution < 1.29 is 19.8 Å². The summed E-state index contributed by atoms with van der Waals surface area (Å²) in [4.78, 5) is 22.4. The monoisotopic (exact) mass is 296 g/mol. The lowest BCUT2D eigenvalue weighted by Gasteiger charge is -2.14.